The van der Waals surface area contributed by atoms with E-state index in [0.717, 1.165) is 87.0 Å². The second-order valence-corrected chi connectivity index (χ2v) is 9.12. The first-order valence-corrected chi connectivity index (χ1v) is 13.0. The molecular formula is C29H34N6O2. The largest absolute Gasteiger partial charge is 0.492 e. The SMILES string of the molecule is c1ccc(CCCCNNc2ccc3ncc(-c4ccc(OCCN5CCOCC5)cc4)nc3n2)cc1. The summed E-state index contributed by atoms with van der Waals surface area (Å²) in [7, 11) is 0. The number of rotatable bonds is 12. The van der Waals surface area contributed by atoms with Crippen LogP contribution in [-0.4, -0.2) is 65.9 Å². The Morgan fingerprint density at radius 3 is 2.57 bits per heavy atom. The van der Waals surface area contributed by atoms with Crippen molar-refractivity contribution in [2.45, 2.75) is 19.3 Å². The number of nitrogens with zero attached hydrogens (tertiary/aromatic N) is 4. The van der Waals surface area contributed by atoms with Crippen molar-refractivity contribution in [3.05, 3.63) is 78.5 Å². The predicted octanol–water partition coefficient (Wildman–Crippen LogP) is 4.34. The molecule has 8 nitrogen and oxygen atoms in total. The molecule has 2 N–H and O–H groups in total. The second-order valence-electron chi connectivity index (χ2n) is 9.12. The molecule has 0 saturated carbocycles. The molecule has 3 heterocycles. The highest BCUT2D eigenvalue weighted by atomic mass is 16.5. The third-order valence-electron chi connectivity index (χ3n) is 6.41. The maximum Gasteiger partial charge on any atom is 0.180 e. The first-order valence-electron chi connectivity index (χ1n) is 13.0. The number of unbranched alkanes of at least 4 members (excludes halogenated alkanes) is 1. The van der Waals surface area contributed by atoms with E-state index in [2.05, 4.69) is 56.1 Å². The molecule has 192 valence electrons. The Morgan fingerprint density at radius 2 is 1.73 bits per heavy atom. The van der Waals surface area contributed by atoms with E-state index in [9.17, 15) is 0 Å². The Balaban J connectivity index is 1.10. The van der Waals surface area contributed by atoms with Gasteiger partial charge in [0.05, 0.1) is 25.1 Å². The fourth-order valence-electron chi connectivity index (χ4n) is 4.29. The molecule has 0 unspecified atom stereocenters. The Labute approximate surface area is 218 Å². The molecule has 37 heavy (non-hydrogen) atoms. The molecular weight excluding hydrogens is 464 g/mol. The van der Waals surface area contributed by atoms with Gasteiger partial charge in [-0.15, -0.1) is 0 Å². The highest BCUT2D eigenvalue weighted by Crippen LogP contribution is 2.22. The number of hydrazine groups is 1. The first-order chi connectivity index (χ1) is 18.3. The zero-order chi connectivity index (χ0) is 25.1. The van der Waals surface area contributed by atoms with Crippen LogP contribution in [0, 0.1) is 0 Å². The monoisotopic (exact) mass is 498 g/mol. The molecule has 5 rings (SSSR count). The molecule has 2 aromatic carbocycles. The molecule has 8 heteroatoms. The maximum atomic E-state index is 5.92. The fourth-order valence-corrected chi connectivity index (χ4v) is 4.29. The number of hydrogen-bond acceptors (Lipinski definition) is 8. The number of ether oxygens (including phenoxy) is 2. The van der Waals surface area contributed by atoms with Gasteiger partial charge >= 0.3 is 0 Å². The third-order valence-corrected chi connectivity index (χ3v) is 6.41. The summed E-state index contributed by atoms with van der Waals surface area (Å²) in [6.45, 7) is 5.98. The lowest BCUT2D eigenvalue weighted by Crippen LogP contribution is -2.38. The average molecular weight is 499 g/mol. The summed E-state index contributed by atoms with van der Waals surface area (Å²) in [5.41, 5.74) is 11.0. The summed E-state index contributed by atoms with van der Waals surface area (Å²) in [4.78, 5) is 16.3. The number of benzene rings is 2. The van der Waals surface area contributed by atoms with E-state index in [4.69, 9.17) is 14.5 Å². The minimum Gasteiger partial charge on any atom is -0.492 e. The number of aromatic nitrogens is 3. The summed E-state index contributed by atoms with van der Waals surface area (Å²) >= 11 is 0. The maximum absolute atomic E-state index is 5.92. The molecule has 1 fully saturated rings. The quantitative estimate of drug-likeness (QED) is 0.220. The van der Waals surface area contributed by atoms with Crippen LogP contribution in [0.15, 0.2) is 72.9 Å². The van der Waals surface area contributed by atoms with E-state index in [1.807, 2.05) is 36.4 Å². The van der Waals surface area contributed by atoms with Crippen LogP contribution < -0.4 is 15.6 Å². The molecule has 4 aromatic rings. The molecule has 0 bridgehead atoms. The van der Waals surface area contributed by atoms with E-state index in [1.165, 1.54) is 5.56 Å². The minimum atomic E-state index is 0.610. The smallest absolute Gasteiger partial charge is 0.180 e. The van der Waals surface area contributed by atoms with Crippen molar-refractivity contribution in [3.8, 4) is 17.0 Å². The molecule has 0 radical (unpaired) electrons. The standard InChI is InChI=1S/C29H34N6O2/c1-2-6-23(7-3-1)8-4-5-15-31-34-28-14-13-26-29(33-28)32-27(22-30-26)24-9-11-25(12-10-24)37-21-18-35-16-19-36-20-17-35/h1-3,6-7,9-14,22,31H,4-5,8,15-21H2,(H,32,33,34). The Kier molecular flexibility index (Phi) is 8.88. The number of anilines is 1. The number of pyridine rings is 1. The third kappa shape index (κ3) is 7.45. The second kappa shape index (κ2) is 13.1. The summed E-state index contributed by atoms with van der Waals surface area (Å²) in [5, 5.41) is 0. The van der Waals surface area contributed by atoms with Crippen LogP contribution >= 0.6 is 0 Å². The summed E-state index contributed by atoms with van der Waals surface area (Å²) in [6, 6.07) is 22.4. The summed E-state index contributed by atoms with van der Waals surface area (Å²) < 4.78 is 11.3. The van der Waals surface area contributed by atoms with Crippen LogP contribution in [-0.2, 0) is 11.2 Å². The van der Waals surface area contributed by atoms with Gasteiger partial charge < -0.3 is 14.9 Å². The molecule has 0 atom stereocenters. The van der Waals surface area contributed by atoms with Crippen molar-refractivity contribution in [3.63, 3.8) is 0 Å². The molecule has 1 saturated heterocycles. The number of hydrogen-bond donors (Lipinski definition) is 2. The van der Waals surface area contributed by atoms with E-state index in [-0.39, 0.29) is 0 Å². The first kappa shape index (κ1) is 25.1. The molecule has 0 aliphatic carbocycles. The zero-order valence-corrected chi connectivity index (χ0v) is 21.1. The predicted molar refractivity (Wildman–Crippen MR) is 147 cm³/mol. The molecule has 0 amide bonds. The number of nitrogens with one attached hydrogen (secondary N) is 2. The van der Waals surface area contributed by atoms with Gasteiger partial charge in [-0.05, 0) is 61.2 Å². The lowest BCUT2D eigenvalue weighted by molar-refractivity contribution is 0.0322. The van der Waals surface area contributed by atoms with Gasteiger partial charge in [0.2, 0.25) is 0 Å². The van der Waals surface area contributed by atoms with Crippen LogP contribution in [0.3, 0.4) is 0 Å². The van der Waals surface area contributed by atoms with Crippen LogP contribution in [0.2, 0.25) is 0 Å². The molecule has 2 aromatic heterocycles. The lowest BCUT2D eigenvalue weighted by Gasteiger charge is -2.26. The number of aryl methyl sites for hydroxylation is 1. The minimum absolute atomic E-state index is 0.610. The van der Waals surface area contributed by atoms with E-state index in [1.54, 1.807) is 6.20 Å². The Bertz CT molecular complexity index is 1250. The zero-order valence-electron chi connectivity index (χ0n) is 21.1. The van der Waals surface area contributed by atoms with Crippen molar-refractivity contribution in [1.82, 2.24) is 25.3 Å². The van der Waals surface area contributed by atoms with Crippen molar-refractivity contribution in [2.75, 3.05) is 51.4 Å². The van der Waals surface area contributed by atoms with Crippen LogP contribution in [0.5, 0.6) is 5.75 Å². The van der Waals surface area contributed by atoms with Crippen LogP contribution in [0.25, 0.3) is 22.4 Å². The van der Waals surface area contributed by atoms with E-state index >= 15 is 0 Å². The highest BCUT2D eigenvalue weighted by Gasteiger charge is 2.10. The van der Waals surface area contributed by atoms with E-state index < -0.39 is 0 Å². The van der Waals surface area contributed by atoms with Crippen LogP contribution in [0.1, 0.15) is 18.4 Å². The van der Waals surface area contributed by atoms with Crippen molar-refractivity contribution >= 4 is 17.0 Å². The Hall–Kier alpha value is -3.59. The summed E-state index contributed by atoms with van der Waals surface area (Å²) in [6.07, 6.45) is 5.09. The van der Waals surface area contributed by atoms with Crippen LogP contribution in [0.4, 0.5) is 5.82 Å². The molecule has 1 aliphatic heterocycles. The lowest BCUT2D eigenvalue weighted by atomic mass is 10.1. The molecule has 0 spiro atoms. The van der Waals surface area contributed by atoms with Crippen molar-refractivity contribution in [2.24, 2.45) is 0 Å². The summed E-state index contributed by atoms with van der Waals surface area (Å²) in [5.74, 6) is 1.58. The fraction of sp³-hybridized carbons (Fsp3) is 0.345. The van der Waals surface area contributed by atoms with Crippen molar-refractivity contribution < 1.29 is 9.47 Å². The van der Waals surface area contributed by atoms with E-state index in [0.29, 0.717) is 12.3 Å². The van der Waals surface area contributed by atoms with Gasteiger partial charge in [-0.25, -0.2) is 15.4 Å². The van der Waals surface area contributed by atoms with Gasteiger partial charge in [-0.1, -0.05) is 30.3 Å². The topological polar surface area (TPSA) is 84.4 Å². The van der Waals surface area contributed by atoms with Gasteiger partial charge in [0.25, 0.3) is 0 Å². The van der Waals surface area contributed by atoms with Gasteiger partial charge in [0.1, 0.15) is 23.7 Å². The highest BCUT2D eigenvalue weighted by molar-refractivity contribution is 5.75. The number of morpholine rings is 1. The van der Waals surface area contributed by atoms with Crippen molar-refractivity contribution in [1.29, 1.82) is 0 Å². The van der Waals surface area contributed by atoms with Gasteiger partial charge in [-0.2, -0.15) is 0 Å². The average Bonchev–Trinajstić information content (AvgIpc) is 2.96. The van der Waals surface area contributed by atoms with Gasteiger partial charge in [-0.3, -0.25) is 9.88 Å². The van der Waals surface area contributed by atoms with Gasteiger partial charge in [0, 0.05) is 31.7 Å². The number of fused-ring (bicyclic) bond motifs is 1. The Morgan fingerprint density at radius 1 is 0.892 bits per heavy atom. The normalized spacial score (nSPS) is 14.1. The van der Waals surface area contributed by atoms with Gasteiger partial charge in [0.15, 0.2) is 5.65 Å². The molecule has 1 aliphatic rings.